The molecule has 0 atom stereocenters. The Morgan fingerprint density at radius 1 is 1.20 bits per heavy atom. The first-order valence-electron chi connectivity index (χ1n) is 8.56. The molecule has 2 amide bonds. The van der Waals surface area contributed by atoms with Gasteiger partial charge in [0.2, 0.25) is 5.91 Å². The number of nitrogens with zero attached hydrogens (tertiary/aromatic N) is 1. The summed E-state index contributed by atoms with van der Waals surface area (Å²) in [5.74, 6) is 0.0471. The minimum atomic E-state index is -0.0509. The highest BCUT2D eigenvalue weighted by Crippen LogP contribution is 2.19. The van der Waals surface area contributed by atoms with E-state index in [1.165, 1.54) is 0 Å². The summed E-state index contributed by atoms with van der Waals surface area (Å²) in [4.78, 5) is 27.4. The highest BCUT2D eigenvalue weighted by molar-refractivity contribution is 7.09. The van der Waals surface area contributed by atoms with E-state index in [4.69, 9.17) is 0 Å². The van der Waals surface area contributed by atoms with Crippen molar-refractivity contribution in [3.63, 3.8) is 0 Å². The van der Waals surface area contributed by atoms with Gasteiger partial charge in [-0.3, -0.25) is 9.59 Å². The number of likely N-dealkylation sites (tertiary alicyclic amines) is 1. The van der Waals surface area contributed by atoms with Crippen LogP contribution in [0.25, 0.3) is 0 Å². The van der Waals surface area contributed by atoms with Gasteiger partial charge >= 0.3 is 0 Å². The van der Waals surface area contributed by atoms with E-state index in [0.29, 0.717) is 12.1 Å². The predicted octanol–water partition coefficient (Wildman–Crippen LogP) is 3.02. The lowest BCUT2D eigenvalue weighted by molar-refractivity contribution is -0.119. The maximum atomic E-state index is 12.4. The van der Waals surface area contributed by atoms with Crippen molar-refractivity contribution in [1.29, 1.82) is 0 Å². The van der Waals surface area contributed by atoms with Gasteiger partial charge in [0, 0.05) is 29.2 Å². The average molecular weight is 357 g/mol. The van der Waals surface area contributed by atoms with Crippen molar-refractivity contribution >= 4 is 28.8 Å². The molecular formula is C19H23N3O2S. The highest BCUT2D eigenvalue weighted by Gasteiger charge is 2.19. The van der Waals surface area contributed by atoms with Crippen LogP contribution in [-0.2, 0) is 11.3 Å². The summed E-state index contributed by atoms with van der Waals surface area (Å²) in [7, 11) is 0. The van der Waals surface area contributed by atoms with Crippen LogP contribution in [0.3, 0.4) is 0 Å². The second-order valence-electron chi connectivity index (χ2n) is 6.24. The Bertz CT molecular complexity index is 737. The van der Waals surface area contributed by atoms with Crippen molar-refractivity contribution in [2.45, 2.75) is 26.3 Å². The van der Waals surface area contributed by atoms with Crippen LogP contribution in [0.15, 0.2) is 35.7 Å². The number of rotatable bonds is 6. The fourth-order valence-corrected chi connectivity index (χ4v) is 3.58. The van der Waals surface area contributed by atoms with Crippen molar-refractivity contribution in [3.8, 4) is 0 Å². The van der Waals surface area contributed by atoms with Gasteiger partial charge in [-0.15, -0.1) is 11.3 Å². The van der Waals surface area contributed by atoms with Gasteiger partial charge in [-0.1, -0.05) is 6.07 Å². The summed E-state index contributed by atoms with van der Waals surface area (Å²) in [6, 6.07) is 9.58. The van der Waals surface area contributed by atoms with Crippen molar-refractivity contribution in [1.82, 2.24) is 10.2 Å². The zero-order valence-electron chi connectivity index (χ0n) is 14.4. The van der Waals surface area contributed by atoms with E-state index in [1.807, 2.05) is 47.5 Å². The Labute approximate surface area is 152 Å². The minimum absolute atomic E-state index is 0.0509. The Morgan fingerprint density at radius 3 is 2.68 bits per heavy atom. The molecule has 2 N–H and O–H groups in total. The SMILES string of the molecule is Cc1cc(C(=O)N2CCCC2)ccc1NCC(=O)NCc1cccs1. The van der Waals surface area contributed by atoms with E-state index in [0.717, 1.165) is 42.1 Å². The Balaban J connectivity index is 1.52. The van der Waals surface area contributed by atoms with Crippen LogP contribution in [0.1, 0.15) is 33.6 Å². The molecule has 0 saturated carbocycles. The maximum absolute atomic E-state index is 12.4. The number of carbonyl (C=O) groups is 2. The maximum Gasteiger partial charge on any atom is 0.253 e. The third kappa shape index (κ3) is 4.60. The first-order valence-corrected chi connectivity index (χ1v) is 9.44. The van der Waals surface area contributed by atoms with Gasteiger partial charge in [0.15, 0.2) is 0 Å². The van der Waals surface area contributed by atoms with Gasteiger partial charge in [-0.25, -0.2) is 0 Å². The zero-order chi connectivity index (χ0) is 17.6. The van der Waals surface area contributed by atoms with Crippen LogP contribution in [0, 0.1) is 6.92 Å². The molecule has 2 aromatic rings. The normalized spacial score (nSPS) is 13.7. The second kappa shape index (κ2) is 8.16. The lowest BCUT2D eigenvalue weighted by Crippen LogP contribution is -2.29. The molecule has 0 unspecified atom stereocenters. The van der Waals surface area contributed by atoms with E-state index in [9.17, 15) is 9.59 Å². The summed E-state index contributed by atoms with van der Waals surface area (Å²) in [5.41, 5.74) is 2.56. The van der Waals surface area contributed by atoms with E-state index in [1.54, 1.807) is 11.3 Å². The quantitative estimate of drug-likeness (QED) is 0.835. The van der Waals surface area contributed by atoms with Crippen molar-refractivity contribution in [2.24, 2.45) is 0 Å². The molecule has 0 radical (unpaired) electrons. The largest absolute Gasteiger partial charge is 0.376 e. The highest BCUT2D eigenvalue weighted by atomic mass is 32.1. The van der Waals surface area contributed by atoms with Gasteiger partial charge in [0.25, 0.3) is 5.91 Å². The number of hydrogen-bond acceptors (Lipinski definition) is 4. The Kier molecular flexibility index (Phi) is 5.71. The molecule has 3 rings (SSSR count). The lowest BCUT2D eigenvalue weighted by atomic mass is 10.1. The molecule has 0 aliphatic carbocycles. The van der Waals surface area contributed by atoms with Gasteiger partial charge in [0.05, 0.1) is 13.1 Å². The molecule has 0 spiro atoms. The standard InChI is InChI=1S/C19H23N3O2S/c1-14-11-15(19(24)22-8-2-3-9-22)6-7-17(14)20-13-18(23)21-12-16-5-4-10-25-16/h4-7,10-11,20H,2-3,8-9,12-13H2,1H3,(H,21,23). The van der Waals surface area contributed by atoms with Crippen LogP contribution in [0.5, 0.6) is 0 Å². The van der Waals surface area contributed by atoms with Crippen LogP contribution < -0.4 is 10.6 Å². The summed E-state index contributed by atoms with van der Waals surface area (Å²) in [5, 5.41) is 8.03. The van der Waals surface area contributed by atoms with Gasteiger partial charge in [0.1, 0.15) is 0 Å². The first kappa shape index (κ1) is 17.5. The number of carbonyl (C=O) groups excluding carboxylic acids is 2. The molecule has 6 heteroatoms. The molecule has 2 heterocycles. The Morgan fingerprint density at radius 2 is 2.00 bits per heavy atom. The van der Waals surface area contributed by atoms with Crippen LogP contribution >= 0.6 is 11.3 Å². The molecule has 1 aromatic heterocycles. The monoisotopic (exact) mass is 357 g/mol. The number of amides is 2. The molecule has 0 bridgehead atoms. The third-order valence-corrected chi connectivity index (χ3v) is 5.22. The topological polar surface area (TPSA) is 61.4 Å². The van der Waals surface area contributed by atoms with Crippen molar-refractivity contribution in [2.75, 3.05) is 25.0 Å². The third-order valence-electron chi connectivity index (χ3n) is 4.35. The molecule has 1 aliphatic heterocycles. The van der Waals surface area contributed by atoms with Crippen LogP contribution in [-0.4, -0.2) is 36.3 Å². The summed E-state index contributed by atoms with van der Waals surface area (Å²) in [6.07, 6.45) is 2.18. The number of anilines is 1. The molecule has 1 fully saturated rings. The second-order valence-corrected chi connectivity index (χ2v) is 7.27. The number of aryl methyl sites for hydroxylation is 1. The average Bonchev–Trinajstić information content (AvgIpc) is 3.31. The van der Waals surface area contributed by atoms with E-state index < -0.39 is 0 Å². The number of nitrogens with one attached hydrogen (secondary N) is 2. The first-order chi connectivity index (χ1) is 12.1. The molecule has 25 heavy (non-hydrogen) atoms. The fourth-order valence-electron chi connectivity index (χ4n) is 2.93. The van der Waals surface area contributed by atoms with E-state index in [2.05, 4.69) is 10.6 Å². The molecule has 1 saturated heterocycles. The van der Waals surface area contributed by atoms with E-state index >= 15 is 0 Å². The van der Waals surface area contributed by atoms with E-state index in [-0.39, 0.29) is 18.4 Å². The summed E-state index contributed by atoms with van der Waals surface area (Å²) in [6.45, 7) is 4.42. The molecule has 5 nitrogen and oxygen atoms in total. The zero-order valence-corrected chi connectivity index (χ0v) is 15.2. The molecular weight excluding hydrogens is 334 g/mol. The van der Waals surface area contributed by atoms with Crippen LogP contribution in [0.2, 0.25) is 0 Å². The van der Waals surface area contributed by atoms with Gasteiger partial charge < -0.3 is 15.5 Å². The predicted molar refractivity (Wildman–Crippen MR) is 101 cm³/mol. The lowest BCUT2D eigenvalue weighted by Gasteiger charge is -2.16. The smallest absolute Gasteiger partial charge is 0.253 e. The minimum Gasteiger partial charge on any atom is -0.376 e. The number of benzene rings is 1. The van der Waals surface area contributed by atoms with Gasteiger partial charge in [-0.2, -0.15) is 0 Å². The Hall–Kier alpha value is -2.34. The van der Waals surface area contributed by atoms with Crippen molar-refractivity contribution in [3.05, 3.63) is 51.7 Å². The number of hydrogen-bond donors (Lipinski definition) is 2. The summed E-state index contributed by atoms with van der Waals surface area (Å²) >= 11 is 1.63. The van der Waals surface area contributed by atoms with Gasteiger partial charge in [-0.05, 0) is 55.0 Å². The molecule has 1 aromatic carbocycles. The summed E-state index contributed by atoms with van der Waals surface area (Å²) < 4.78 is 0. The fraction of sp³-hybridized carbons (Fsp3) is 0.368. The molecule has 1 aliphatic rings. The molecule has 132 valence electrons. The van der Waals surface area contributed by atoms with Crippen LogP contribution in [0.4, 0.5) is 5.69 Å². The number of thiophene rings is 1. The van der Waals surface area contributed by atoms with Crippen molar-refractivity contribution < 1.29 is 9.59 Å².